The highest BCUT2D eigenvalue weighted by Crippen LogP contribution is 2.38. The van der Waals surface area contributed by atoms with Crippen LogP contribution in [0.25, 0.3) is 0 Å². The zero-order valence-corrected chi connectivity index (χ0v) is 9.66. The molecular weight excluding hydrogens is 204 g/mol. The Kier molecular flexibility index (Phi) is 2.37. The highest BCUT2D eigenvalue weighted by molar-refractivity contribution is 7.78. The first kappa shape index (κ1) is 9.55. The fourth-order valence-electron chi connectivity index (χ4n) is 3.02. The summed E-state index contributed by atoms with van der Waals surface area (Å²) in [5.41, 5.74) is 10.7. The highest BCUT2D eigenvalue weighted by Gasteiger charge is 2.23. The van der Waals surface area contributed by atoms with Crippen molar-refractivity contribution in [1.82, 2.24) is 4.83 Å². The van der Waals surface area contributed by atoms with Gasteiger partial charge in [0.15, 0.2) is 0 Å². The second-order valence-electron chi connectivity index (χ2n) is 4.47. The van der Waals surface area contributed by atoms with Crippen molar-refractivity contribution < 1.29 is 0 Å². The first-order valence-electron chi connectivity index (χ1n) is 5.72. The molecule has 2 nitrogen and oxygen atoms in total. The Morgan fingerprint density at radius 1 is 0.933 bits per heavy atom. The molecule has 2 aliphatic rings. The van der Waals surface area contributed by atoms with Crippen molar-refractivity contribution in [3.63, 3.8) is 0 Å². The summed E-state index contributed by atoms with van der Waals surface area (Å²) in [4.78, 5) is 2.79. The van der Waals surface area contributed by atoms with Crippen molar-refractivity contribution in [2.75, 3.05) is 5.43 Å². The number of rotatable bonds is 2. The van der Waals surface area contributed by atoms with Crippen LogP contribution in [0, 0.1) is 0 Å². The third-order valence-corrected chi connectivity index (χ3v) is 3.77. The van der Waals surface area contributed by atoms with Crippen LogP contribution in [0.15, 0.2) is 6.07 Å². The Morgan fingerprint density at radius 3 is 2.07 bits per heavy atom. The minimum atomic E-state index is 1.22. The van der Waals surface area contributed by atoms with E-state index in [1.807, 2.05) is 0 Å². The van der Waals surface area contributed by atoms with Crippen molar-refractivity contribution in [1.29, 1.82) is 0 Å². The van der Waals surface area contributed by atoms with Gasteiger partial charge in [0.05, 0.1) is 5.69 Å². The topological polar surface area (TPSA) is 24.1 Å². The maximum atomic E-state index is 4.05. The summed E-state index contributed by atoms with van der Waals surface area (Å²) in [5.74, 6) is 0. The van der Waals surface area contributed by atoms with Gasteiger partial charge in [-0.2, -0.15) is 4.83 Å². The number of nitrogens with one attached hydrogen (secondary N) is 2. The number of thiol groups is 1. The lowest BCUT2D eigenvalue weighted by Crippen LogP contribution is -2.13. The summed E-state index contributed by atoms with van der Waals surface area (Å²) in [6, 6.07) is 2.44. The quantitative estimate of drug-likeness (QED) is 0.527. The van der Waals surface area contributed by atoms with E-state index in [1.165, 1.54) is 55.3 Å². The molecule has 0 radical (unpaired) electrons. The molecule has 0 aromatic heterocycles. The van der Waals surface area contributed by atoms with Crippen LogP contribution in [0.2, 0.25) is 0 Å². The van der Waals surface area contributed by atoms with Crippen molar-refractivity contribution in [3.8, 4) is 0 Å². The van der Waals surface area contributed by atoms with Crippen molar-refractivity contribution in [2.24, 2.45) is 0 Å². The van der Waals surface area contributed by atoms with E-state index < -0.39 is 0 Å². The molecule has 2 N–H and O–H groups in total. The van der Waals surface area contributed by atoms with Crippen LogP contribution in [0.1, 0.15) is 35.1 Å². The average molecular weight is 220 g/mol. The molecule has 0 spiro atoms. The van der Waals surface area contributed by atoms with Crippen LogP contribution >= 0.6 is 12.8 Å². The van der Waals surface area contributed by atoms with Gasteiger partial charge in [0, 0.05) is 0 Å². The zero-order chi connectivity index (χ0) is 10.3. The Balaban J connectivity index is 2.16. The fraction of sp³-hybridized carbons (Fsp3) is 0.500. The number of benzene rings is 1. The fourth-order valence-corrected chi connectivity index (χ4v) is 3.13. The summed E-state index contributed by atoms with van der Waals surface area (Å²) < 4.78 is 0. The van der Waals surface area contributed by atoms with Crippen molar-refractivity contribution in [2.45, 2.75) is 38.5 Å². The molecule has 15 heavy (non-hydrogen) atoms. The molecule has 0 heterocycles. The van der Waals surface area contributed by atoms with Crippen molar-refractivity contribution >= 4 is 18.5 Å². The predicted octanol–water partition coefficient (Wildman–Crippen LogP) is 2.43. The normalized spacial score (nSPS) is 17.7. The van der Waals surface area contributed by atoms with Crippen LogP contribution < -0.4 is 10.3 Å². The van der Waals surface area contributed by atoms with Gasteiger partial charge in [-0.25, -0.2) is 0 Å². The number of hydrazine groups is 1. The largest absolute Gasteiger partial charge is 0.312 e. The molecule has 0 atom stereocenters. The van der Waals surface area contributed by atoms with Crippen LogP contribution in [0.4, 0.5) is 5.69 Å². The zero-order valence-electron chi connectivity index (χ0n) is 8.77. The molecule has 0 saturated heterocycles. The molecule has 0 saturated carbocycles. The van der Waals surface area contributed by atoms with Gasteiger partial charge in [-0.1, -0.05) is 18.9 Å². The summed E-state index contributed by atoms with van der Waals surface area (Å²) in [6.07, 6.45) is 7.56. The van der Waals surface area contributed by atoms with Crippen LogP contribution in [0.5, 0.6) is 0 Å². The molecule has 1 aromatic rings. The van der Waals surface area contributed by atoms with Crippen molar-refractivity contribution in [3.05, 3.63) is 28.3 Å². The molecule has 0 fully saturated rings. The Bertz CT molecular complexity index is 369. The SMILES string of the molecule is SNNc1c2c(cc3c1CCC3)CCC2. The Morgan fingerprint density at radius 2 is 1.53 bits per heavy atom. The van der Waals surface area contributed by atoms with E-state index in [9.17, 15) is 0 Å². The third kappa shape index (κ3) is 1.45. The molecule has 80 valence electrons. The second-order valence-corrected chi connectivity index (χ2v) is 4.69. The number of anilines is 1. The molecule has 0 unspecified atom stereocenters. The van der Waals surface area contributed by atoms with E-state index in [0.29, 0.717) is 0 Å². The van der Waals surface area contributed by atoms with Gasteiger partial charge < -0.3 is 5.43 Å². The minimum absolute atomic E-state index is 1.22. The molecule has 3 rings (SSSR count). The number of aryl methyl sites for hydroxylation is 2. The average Bonchev–Trinajstić information content (AvgIpc) is 2.84. The van der Waals surface area contributed by atoms with Crippen LogP contribution in [-0.4, -0.2) is 0 Å². The molecule has 0 bridgehead atoms. The summed E-state index contributed by atoms with van der Waals surface area (Å²) >= 11 is 4.05. The smallest absolute Gasteiger partial charge is 0.0566 e. The van der Waals surface area contributed by atoms with Crippen LogP contribution in [0.3, 0.4) is 0 Å². The van der Waals surface area contributed by atoms with Gasteiger partial charge in [-0.05, 0) is 60.8 Å². The van der Waals surface area contributed by atoms with Gasteiger partial charge in [0.25, 0.3) is 0 Å². The standard InChI is InChI=1S/C12H16N2S/c15-14-13-12-10-5-1-3-8(10)7-9-4-2-6-11(9)12/h7,13-15H,1-6H2. The molecule has 3 heteroatoms. The molecule has 2 aliphatic carbocycles. The second kappa shape index (κ2) is 3.72. The lowest BCUT2D eigenvalue weighted by atomic mass is 9.99. The molecular formula is C12H16N2S. The molecule has 1 aromatic carbocycles. The van der Waals surface area contributed by atoms with E-state index in [1.54, 1.807) is 11.1 Å². The summed E-state index contributed by atoms with van der Waals surface area (Å²) in [5, 5.41) is 0. The molecule has 0 aliphatic heterocycles. The van der Waals surface area contributed by atoms with E-state index in [-0.39, 0.29) is 0 Å². The number of hydrogen-bond acceptors (Lipinski definition) is 3. The van der Waals surface area contributed by atoms with Gasteiger partial charge >= 0.3 is 0 Å². The minimum Gasteiger partial charge on any atom is -0.312 e. The van der Waals surface area contributed by atoms with Gasteiger partial charge in [-0.15, -0.1) is 0 Å². The summed E-state index contributed by atoms with van der Waals surface area (Å²) in [6.45, 7) is 0. The first-order chi connectivity index (χ1) is 7.40. The highest BCUT2D eigenvalue weighted by atomic mass is 32.1. The number of fused-ring (bicyclic) bond motifs is 2. The Hall–Kier alpha value is -0.670. The van der Waals surface area contributed by atoms with E-state index in [0.717, 1.165) is 0 Å². The maximum Gasteiger partial charge on any atom is 0.0566 e. The first-order valence-corrected chi connectivity index (χ1v) is 6.16. The van der Waals surface area contributed by atoms with E-state index >= 15 is 0 Å². The van der Waals surface area contributed by atoms with Crippen LogP contribution in [-0.2, 0) is 25.7 Å². The van der Waals surface area contributed by atoms with Gasteiger partial charge in [0.1, 0.15) is 0 Å². The molecule has 0 amide bonds. The number of hydrogen-bond donors (Lipinski definition) is 3. The predicted molar refractivity (Wildman–Crippen MR) is 66.2 cm³/mol. The lowest BCUT2D eigenvalue weighted by molar-refractivity contribution is 0.896. The van der Waals surface area contributed by atoms with Gasteiger partial charge in [-0.3, -0.25) is 0 Å². The lowest BCUT2D eigenvalue weighted by Gasteiger charge is -2.15. The summed E-state index contributed by atoms with van der Waals surface area (Å²) in [7, 11) is 0. The van der Waals surface area contributed by atoms with E-state index in [2.05, 4.69) is 29.1 Å². The monoisotopic (exact) mass is 220 g/mol. The van der Waals surface area contributed by atoms with E-state index in [4.69, 9.17) is 0 Å². The maximum absolute atomic E-state index is 4.05. The third-order valence-electron chi connectivity index (χ3n) is 3.65. The Labute approximate surface area is 96.0 Å². The van der Waals surface area contributed by atoms with Gasteiger partial charge in [0.2, 0.25) is 0 Å².